The maximum atomic E-state index is 12.4. The lowest BCUT2D eigenvalue weighted by atomic mass is 9.55. The predicted molar refractivity (Wildman–Crippen MR) is 72.4 cm³/mol. The van der Waals surface area contributed by atoms with Crippen molar-refractivity contribution in [2.45, 2.75) is 45.8 Å². The number of fused-ring (bicyclic) bond motifs is 4. The van der Waals surface area contributed by atoms with Gasteiger partial charge in [0.25, 0.3) is 0 Å². The average Bonchev–Trinajstić information content (AvgIpc) is 2.86. The van der Waals surface area contributed by atoms with Crippen LogP contribution in [0.4, 0.5) is 0 Å². The summed E-state index contributed by atoms with van der Waals surface area (Å²) in [5, 5.41) is 0. The van der Waals surface area contributed by atoms with Crippen molar-refractivity contribution in [3.8, 4) is 0 Å². The third-order valence-electron chi connectivity index (χ3n) is 6.96. The molecule has 2 heterocycles. The zero-order valence-corrected chi connectivity index (χ0v) is 12.4. The van der Waals surface area contributed by atoms with Crippen LogP contribution in [-0.4, -0.2) is 36.6 Å². The summed E-state index contributed by atoms with van der Waals surface area (Å²) in [6, 6.07) is 0.458. The Balaban J connectivity index is 1.85. The molecule has 0 aromatic heterocycles. The number of likely N-dealkylation sites (tertiary alicyclic amines) is 1. The van der Waals surface area contributed by atoms with Gasteiger partial charge in [0, 0.05) is 12.5 Å². The van der Waals surface area contributed by atoms with Gasteiger partial charge in [-0.25, -0.2) is 0 Å². The highest BCUT2D eigenvalue weighted by atomic mass is 16.6. The fourth-order valence-electron chi connectivity index (χ4n) is 6.32. The summed E-state index contributed by atoms with van der Waals surface area (Å²) in [6.07, 6.45) is 2.69. The molecule has 3 nitrogen and oxygen atoms in total. The molecule has 3 heteroatoms. The lowest BCUT2D eigenvalue weighted by Crippen LogP contribution is -2.57. The van der Waals surface area contributed by atoms with Gasteiger partial charge in [0.2, 0.25) is 0 Å². The van der Waals surface area contributed by atoms with Crippen molar-refractivity contribution in [2.75, 3.05) is 13.6 Å². The first kappa shape index (κ1) is 12.2. The van der Waals surface area contributed by atoms with E-state index in [-0.39, 0.29) is 18.0 Å². The van der Waals surface area contributed by atoms with E-state index in [1.54, 1.807) is 0 Å². The van der Waals surface area contributed by atoms with E-state index < -0.39 is 0 Å². The number of carbonyl (C=O) groups is 1. The van der Waals surface area contributed by atoms with Gasteiger partial charge in [-0.3, -0.25) is 9.69 Å². The molecule has 4 aliphatic rings. The molecule has 2 bridgehead atoms. The third-order valence-corrected chi connectivity index (χ3v) is 6.96. The molecule has 4 fully saturated rings. The fourth-order valence-corrected chi connectivity index (χ4v) is 6.32. The molecule has 106 valence electrons. The van der Waals surface area contributed by atoms with Crippen molar-refractivity contribution in [1.29, 1.82) is 0 Å². The zero-order chi connectivity index (χ0) is 13.5. The van der Waals surface area contributed by atoms with Gasteiger partial charge in [-0.15, -0.1) is 0 Å². The average molecular weight is 263 g/mol. The van der Waals surface area contributed by atoms with E-state index in [2.05, 4.69) is 32.7 Å². The van der Waals surface area contributed by atoms with Gasteiger partial charge in [0.15, 0.2) is 0 Å². The predicted octanol–water partition coefficient (Wildman–Crippen LogP) is 2.16. The Morgan fingerprint density at radius 2 is 2.11 bits per heavy atom. The van der Waals surface area contributed by atoms with Crippen molar-refractivity contribution in [3.05, 3.63) is 0 Å². The Morgan fingerprint density at radius 3 is 2.79 bits per heavy atom. The quantitative estimate of drug-likeness (QED) is 0.679. The molecule has 2 saturated carbocycles. The van der Waals surface area contributed by atoms with Crippen LogP contribution in [0.25, 0.3) is 0 Å². The standard InChI is InChI=1S/C16H25NO2/c1-8(2)11-12-10-6-5-9-7-17(4)14(16(9,10)3)13(11)19-15(12)18/h8-14H,5-7H2,1-4H3/t9-,10+,11+,12+,13+,14-,16+/m1/s1. The molecular weight excluding hydrogens is 238 g/mol. The van der Waals surface area contributed by atoms with E-state index >= 15 is 0 Å². The monoisotopic (exact) mass is 263 g/mol. The van der Waals surface area contributed by atoms with Crippen molar-refractivity contribution >= 4 is 5.97 Å². The largest absolute Gasteiger partial charge is 0.460 e. The molecule has 0 N–H and O–H groups in total. The van der Waals surface area contributed by atoms with Crippen molar-refractivity contribution in [3.63, 3.8) is 0 Å². The minimum Gasteiger partial charge on any atom is -0.460 e. The molecule has 4 rings (SSSR count). The van der Waals surface area contributed by atoms with E-state index in [1.807, 2.05) is 0 Å². The van der Waals surface area contributed by atoms with Gasteiger partial charge < -0.3 is 4.74 Å². The number of rotatable bonds is 1. The number of hydrogen-bond acceptors (Lipinski definition) is 3. The molecule has 7 atom stereocenters. The van der Waals surface area contributed by atoms with Gasteiger partial charge in [0.1, 0.15) is 6.10 Å². The fraction of sp³-hybridized carbons (Fsp3) is 0.938. The van der Waals surface area contributed by atoms with E-state index in [0.29, 0.717) is 29.2 Å². The topological polar surface area (TPSA) is 29.5 Å². The summed E-state index contributed by atoms with van der Waals surface area (Å²) in [4.78, 5) is 14.9. The van der Waals surface area contributed by atoms with Gasteiger partial charge in [0.05, 0.1) is 12.0 Å². The van der Waals surface area contributed by atoms with E-state index in [9.17, 15) is 4.79 Å². The third kappa shape index (κ3) is 1.22. The van der Waals surface area contributed by atoms with Crippen LogP contribution < -0.4 is 0 Å². The van der Waals surface area contributed by atoms with Crippen LogP contribution in [-0.2, 0) is 9.53 Å². The van der Waals surface area contributed by atoms with Crippen molar-refractivity contribution in [1.82, 2.24) is 4.90 Å². The Kier molecular flexibility index (Phi) is 2.27. The minimum absolute atomic E-state index is 0.110. The Hall–Kier alpha value is -0.570. The van der Waals surface area contributed by atoms with Crippen LogP contribution in [0.15, 0.2) is 0 Å². The Bertz CT molecular complexity index is 434. The highest BCUT2D eigenvalue weighted by molar-refractivity contribution is 5.77. The van der Waals surface area contributed by atoms with Crippen molar-refractivity contribution in [2.24, 2.45) is 35.0 Å². The smallest absolute Gasteiger partial charge is 0.310 e. The van der Waals surface area contributed by atoms with Crippen LogP contribution in [0.5, 0.6) is 0 Å². The number of hydrogen-bond donors (Lipinski definition) is 0. The maximum absolute atomic E-state index is 12.4. The number of ether oxygens (including phenoxy) is 1. The molecule has 0 spiro atoms. The molecule has 0 aromatic carbocycles. The van der Waals surface area contributed by atoms with Crippen LogP contribution in [0, 0.1) is 35.0 Å². The second kappa shape index (κ2) is 3.55. The highest BCUT2D eigenvalue weighted by Crippen LogP contribution is 2.66. The van der Waals surface area contributed by atoms with Gasteiger partial charge in [-0.2, -0.15) is 0 Å². The molecule has 2 aliphatic heterocycles. The summed E-state index contributed by atoms with van der Waals surface area (Å²) >= 11 is 0. The molecule has 0 unspecified atom stereocenters. The molecule has 0 amide bonds. The first-order chi connectivity index (χ1) is 8.96. The summed E-state index contributed by atoms with van der Waals surface area (Å²) in [7, 11) is 2.23. The van der Waals surface area contributed by atoms with Crippen LogP contribution in [0.1, 0.15) is 33.6 Å². The number of likely N-dealkylation sites (N-methyl/N-ethyl adjacent to an activating group) is 1. The minimum atomic E-state index is 0.110. The van der Waals surface area contributed by atoms with Crippen molar-refractivity contribution < 1.29 is 9.53 Å². The second-order valence-electron chi connectivity index (χ2n) is 7.88. The first-order valence-electron chi connectivity index (χ1n) is 7.87. The van der Waals surface area contributed by atoms with Gasteiger partial charge >= 0.3 is 5.97 Å². The van der Waals surface area contributed by atoms with Crippen LogP contribution in [0.3, 0.4) is 0 Å². The number of carbonyl (C=O) groups excluding carboxylic acids is 1. The molecular formula is C16H25NO2. The first-order valence-corrected chi connectivity index (χ1v) is 7.87. The Morgan fingerprint density at radius 1 is 1.37 bits per heavy atom. The molecule has 0 radical (unpaired) electrons. The SMILES string of the molecule is CC(C)[C@@H]1[C@@H]2OC(=O)[C@H]1[C@@H]1CC[C@@H]3CN(C)[C@H]2[C@@]31C. The van der Waals surface area contributed by atoms with E-state index in [4.69, 9.17) is 4.74 Å². The Labute approximate surface area is 115 Å². The number of nitrogens with zero attached hydrogens (tertiary/aromatic N) is 1. The lowest BCUT2D eigenvalue weighted by Gasteiger charge is -2.49. The summed E-state index contributed by atoms with van der Waals surface area (Å²) in [5.74, 6) is 2.61. The molecule has 2 saturated heterocycles. The van der Waals surface area contributed by atoms with E-state index in [1.165, 1.54) is 19.4 Å². The van der Waals surface area contributed by atoms with E-state index in [0.717, 1.165) is 5.92 Å². The highest BCUT2D eigenvalue weighted by Gasteiger charge is 2.71. The lowest BCUT2D eigenvalue weighted by molar-refractivity contribution is -0.145. The second-order valence-corrected chi connectivity index (χ2v) is 7.88. The summed E-state index contributed by atoms with van der Waals surface area (Å²) in [6.45, 7) is 8.17. The molecule has 19 heavy (non-hydrogen) atoms. The summed E-state index contributed by atoms with van der Waals surface area (Å²) in [5.41, 5.74) is 0.321. The van der Waals surface area contributed by atoms with Gasteiger partial charge in [-0.1, -0.05) is 20.8 Å². The maximum Gasteiger partial charge on any atom is 0.310 e. The van der Waals surface area contributed by atoms with Crippen LogP contribution in [0.2, 0.25) is 0 Å². The number of esters is 1. The summed E-state index contributed by atoms with van der Waals surface area (Å²) < 4.78 is 5.88. The van der Waals surface area contributed by atoms with Gasteiger partial charge in [-0.05, 0) is 43.1 Å². The zero-order valence-electron chi connectivity index (χ0n) is 12.4. The molecule has 2 aliphatic carbocycles. The van der Waals surface area contributed by atoms with Crippen LogP contribution >= 0.6 is 0 Å². The molecule has 0 aromatic rings. The normalized spacial score (nSPS) is 55.7.